The monoisotopic (exact) mass is 494 g/mol. The molecule has 1 aliphatic heterocycles. The molecule has 9 heteroatoms. The molecule has 2 aromatic rings. The first-order valence-electron chi connectivity index (χ1n) is 12.4. The molecular formula is C27H34N4O5. The summed E-state index contributed by atoms with van der Waals surface area (Å²) in [6.07, 6.45) is 3.10. The largest absolute Gasteiger partial charge is 0.491 e. The lowest BCUT2D eigenvalue weighted by atomic mass is 10.0. The highest BCUT2D eigenvalue weighted by Gasteiger charge is 2.32. The molecule has 0 radical (unpaired) electrons. The number of methoxy groups -OCH3 is 1. The molecule has 3 atom stereocenters. The summed E-state index contributed by atoms with van der Waals surface area (Å²) in [5.41, 5.74) is 1.32. The number of fused-ring (bicyclic) bond motifs is 1. The second-order valence-corrected chi connectivity index (χ2v) is 9.74. The van der Waals surface area contributed by atoms with Crippen molar-refractivity contribution in [2.75, 3.05) is 39.2 Å². The molecular weight excluding hydrogens is 460 g/mol. The second kappa shape index (κ2) is 11.1. The highest BCUT2D eigenvalue weighted by molar-refractivity contribution is 5.99. The Kier molecular flexibility index (Phi) is 7.88. The standard InChI is InChI=1S/C27H34N4O5/c1-17-14-31(27(34)22-7-5-6-12-28-22)18(2)16-36-23-13-20(29-25(32)19-8-9-19)10-11-21(23)26(33)30(3)15-24(17)35-4/h5-7,10-13,17-19,24H,8-9,14-16H2,1-4H3,(H,29,32)/t17-,18-,24-/m0/s1. The molecule has 0 bridgehead atoms. The summed E-state index contributed by atoms with van der Waals surface area (Å²) < 4.78 is 11.9. The zero-order valence-electron chi connectivity index (χ0n) is 21.3. The molecule has 1 aliphatic carbocycles. The van der Waals surface area contributed by atoms with Gasteiger partial charge in [0.1, 0.15) is 18.1 Å². The Bertz CT molecular complexity index is 1100. The van der Waals surface area contributed by atoms with Gasteiger partial charge >= 0.3 is 0 Å². The summed E-state index contributed by atoms with van der Waals surface area (Å²) in [5.74, 6) is -0.0586. The first-order chi connectivity index (χ1) is 17.3. The molecule has 2 heterocycles. The van der Waals surface area contributed by atoms with Gasteiger partial charge in [-0.1, -0.05) is 13.0 Å². The third-order valence-electron chi connectivity index (χ3n) is 6.81. The van der Waals surface area contributed by atoms with Crippen LogP contribution in [-0.4, -0.2) is 78.5 Å². The van der Waals surface area contributed by atoms with Crippen molar-refractivity contribution in [3.8, 4) is 5.75 Å². The van der Waals surface area contributed by atoms with Crippen molar-refractivity contribution in [3.63, 3.8) is 0 Å². The first kappa shape index (κ1) is 25.6. The van der Waals surface area contributed by atoms with E-state index in [9.17, 15) is 14.4 Å². The average molecular weight is 495 g/mol. The maximum atomic E-state index is 13.4. The molecule has 1 saturated carbocycles. The lowest BCUT2D eigenvalue weighted by Crippen LogP contribution is -2.48. The molecule has 3 amide bonds. The fraction of sp³-hybridized carbons (Fsp3) is 0.481. The van der Waals surface area contributed by atoms with Gasteiger partial charge in [0.15, 0.2) is 0 Å². The lowest BCUT2D eigenvalue weighted by molar-refractivity contribution is -0.117. The third-order valence-corrected chi connectivity index (χ3v) is 6.81. The van der Waals surface area contributed by atoms with Crippen LogP contribution < -0.4 is 10.1 Å². The van der Waals surface area contributed by atoms with E-state index in [1.807, 2.05) is 13.8 Å². The van der Waals surface area contributed by atoms with Crippen LogP contribution in [0.15, 0.2) is 42.6 Å². The Morgan fingerprint density at radius 1 is 1.14 bits per heavy atom. The smallest absolute Gasteiger partial charge is 0.272 e. The van der Waals surface area contributed by atoms with Crippen LogP contribution in [0.5, 0.6) is 5.75 Å². The molecule has 9 nitrogen and oxygen atoms in total. The Hall–Kier alpha value is -3.46. The maximum absolute atomic E-state index is 13.4. The lowest BCUT2D eigenvalue weighted by Gasteiger charge is -2.36. The Morgan fingerprint density at radius 3 is 2.58 bits per heavy atom. The number of nitrogens with one attached hydrogen (secondary N) is 1. The van der Waals surface area contributed by atoms with E-state index in [1.54, 1.807) is 66.6 Å². The van der Waals surface area contributed by atoms with Gasteiger partial charge in [0.05, 0.1) is 17.7 Å². The Labute approximate surface area is 211 Å². The van der Waals surface area contributed by atoms with Crippen LogP contribution in [0.4, 0.5) is 5.69 Å². The van der Waals surface area contributed by atoms with Crippen LogP contribution in [0.1, 0.15) is 47.5 Å². The minimum Gasteiger partial charge on any atom is -0.491 e. The minimum absolute atomic E-state index is 0.0241. The number of carbonyl (C=O) groups is 3. The summed E-state index contributed by atoms with van der Waals surface area (Å²) in [7, 11) is 3.34. The normalized spacial score (nSPS) is 23.1. The summed E-state index contributed by atoms with van der Waals surface area (Å²) in [6, 6.07) is 10.0. The fourth-order valence-corrected chi connectivity index (χ4v) is 4.36. The van der Waals surface area contributed by atoms with Crippen LogP contribution >= 0.6 is 0 Å². The van der Waals surface area contributed by atoms with Crippen molar-refractivity contribution in [3.05, 3.63) is 53.9 Å². The van der Waals surface area contributed by atoms with Gasteiger partial charge in [0.2, 0.25) is 5.91 Å². The van der Waals surface area contributed by atoms with E-state index >= 15 is 0 Å². The molecule has 1 aromatic heterocycles. The van der Waals surface area contributed by atoms with Crippen LogP contribution in [0.25, 0.3) is 0 Å². The van der Waals surface area contributed by atoms with E-state index in [2.05, 4.69) is 10.3 Å². The highest BCUT2D eigenvalue weighted by atomic mass is 16.5. The van der Waals surface area contributed by atoms with E-state index in [4.69, 9.17) is 9.47 Å². The minimum atomic E-state index is -0.315. The average Bonchev–Trinajstić information content (AvgIpc) is 3.74. The van der Waals surface area contributed by atoms with E-state index in [0.717, 1.165) is 12.8 Å². The number of amides is 3. The summed E-state index contributed by atoms with van der Waals surface area (Å²) in [6.45, 7) is 4.83. The molecule has 0 unspecified atom stereocenters. The number of likely N-dealkylation sites (N-methyl/N-ethyl adjacent to an activating group) is 1. The second-order valence-electron chi connectivity index (χ2n) is 9.74. The van der Waals surface area contributed by atoms with Gasteiger partial charge in [-0.05, 0) is 44.0 Å². The molecule has 1 N–H and O–H groups in total. The zero-order chi connectivity index (χ0) is 25.8. The van der Waals surface area contributed by atoms with Gasteiger partial charge in [-0.15, -0.1) is 0 Å². The molecule has 4 rings (SSSR count). The van der Waals surface area contributed by atoms with Crippen LogP contribution in [0, 0.1) is 11.8 Å². The fourth-order valence-electron chi connectivity index (χ4n) is 4.36. The molecule has 0 saturated heterocycles. The number of hydrogen-bond acceptors (Lipinski definition) is 6. The van der Waals surface area contributed by atoms with E-state index in [0.29, 0.717) is 35.8 Å². The number of aromatic nitrogens is 1. The number of carbonyl (C=O) groups excluding carboxylic acids is 3. The number of ether oxygens (including phenoxy) is 2. The van der Waals surface area contributed by atoms with Crippen LogP contribution in [0.3, 0.4) is 0 Å². The third kappa shape index (κ3) is 5.84. The molecule has 2 aliphatic rings. The van der Waals surface area contributed by atoms with E-state index < -0.39 is 0 Å². The summed E-state index contributed by atoms with van der Waals surface area (Å²) >= 11 is 0. The van der Waals surface area contributed by atoms with Gasteiger partial charge in [0, 0.05) is 57.0 Å². The predicted octanol–water partition coefficient (Wildman–Crippen LogP) is 3.08. The Morgan fingerprint density at radius 2 is 1.92 bits per heavy atom. The Balaban J connectivity index is 1.66. The van der Waals surface area contributed by atoms with Crippen LogP contribution in [0.2, 0.25) is 0 Å². The number of anilines is 1. The molecule has 0 spiro atoms. The number of hydrogen-bond donors (Lipinski definition) is 1. The van der Waals surface area contributed by atoms with Crippen molar-refractivity contribution in [2.24, 2.45) is 11.8 Å². The molecule has 36 heavy (non-hydrogen) atoms. The van der Waals surface area contributed by atoms with Crippen molar-refractivity contribution in [1.29, 1.82) is 0 Å². The zero-order valence-corrected chi connectivity index (χ0v) is 21.3. The van der Waals surface area contributed by atoms with E-state index in [1.165, 1.54) is 0 Å². The number of pyridine rings is 1. The molecule has 1 aromatic carbocycles. The van der Waals surface area contributed by atoms with Crippen molar-refractivity contribution in [2.45, 2.75) is 38.8 Å². The SMILES string of the molecule is CO[C@H]1CN(C)C(=O)c2ccc(NC(=O)C3CC3)cc2OC[C@H](C)N(C(=O)c2ccccn2)C[C@@H]1C. The van der Waals surface area contributed by atoms with Gasteiger partial charge in [-0.25, -0.2) is 0 Å². The summed E-state index contributed by atoms with van der Waals surface area (Å²) in [4.78, 5) is 46.6. The highest BCUT2D eigenvalue weighted by Crippen LogP contribution is 2.32. The van der Waals surface area contributed by atoms with Crippen LogP contribution in [-0.2, 0) is 9.53 Å². The topological polar surface area (TPSA) is 101 Å². The van der Waals surface area contributed by atoms with Crippen molar-refractivity contribution < 1.29 is 23.9 Å². The van der Waals surface area contributed by atoms with Gasteiger partial charge < -0.3 is 24.6 Å². The van der Waals surface area contributed by atoms with Crippen molar-refractivity contribution >= 4 is 23.4 Å². The number of benzene rings is 1. The van der Waals surface area contributed by atoms with Gasteiger partial charge in [0.25, 0.3) is 11.8 Å². The van der Waals surface area contributed by atoms with E-state index in [-0.39, 0.29) is 48.3 Å². The molecule has 192 valence electrons. The quantitative estimate of drug-likeness (QED) is 0.701. The summed E-state index contributed by atoms with van der Waals surface area (Å²) in [5, 5.41) is 2.91. The molecule has 1 fully saturated rings. The van der Waals surface area contributed by atoms with Gasteiger partial charge in [-0.2, -0.15) is 0 Å². The first-order valence-corrected chi connectivity index (χ1v) is 12.4. The predicted molar refractivity (Wildman–Crippen MR) is 135 cm³/mol. The van der Waals surface area contributed by atoms with Crippen molar-refractivity contribution in [1.82, 2.24) is 14.8 Å². The number of rotatable bonds is 4. The maximum Gasteiger partial charge on any atom is 0.272 e. The number of nitrogens with zero attached hydrogens (tertiary/aromatic N) is 3. The van der Waals surface area contributed by atoms with Gasteiger partial charge in [-0.3, -0.25) is 19.4 Å².